The van der Waals surface area contributed by atoms with E-state index in [-0.39, 0.29) is 0 Å². The Labute approximate surface area is 115 Å². The van der Waals surface area contributed by atoms with Crippen molar-refractivity contribution in [1.82, 2.24) is 0 Å². The van der Waals surface area contributed by atoms with Gasteiger partial charge in [-0.15, -0.1) is 0 Å². The molecule has 3 rings (SSSR count). The van der Waals surface area contributed by atoms with Crippen molar-refractivity contribution in [1.29, 1.82) is 0 Å². The van der Waals surface area contributed by atoms with Gasteiger partial charge >= 0.3 is 0 Å². The van der Waals surface area contributed by atoms with Crippen molar-refractivity contribution >= 4 is 5.69 Å². The lowest BCUT2D eigenvalue weighted by Crippen LogP contribution is -2.18. The quantitative estimate of drug-likeness (QED) is 0.845. The van der Waals surface area contributed by atoms with Crippen LogP contribution in [0.15, 0.2) is 48.5 Å². The molecular weight excluding hydrogens is 230 g/mol. The second kappa shape index (κ2) is 5.48. The van der Waals surface area contributed by atoms with Gasteiger partial charge in [0.1, 0.15) is 0 Å². The van der Waals surface area contributed by atoms with Crippen molar-refractivity contribution in [2.75, 3.05) is 11.9 Å². The van der Waals surface area contributed by atoms with Crippen LogP contribution in [0, 0.1) is 6.92 Å². The normalized spacial score (nSPS) is 17.8. The van der Waals surface area contributed by atoms with Crippen molar-refractivity contribution in [3.63, 3.8) is 0 Å². The molecule has 0 aliphatic heterocycles. The number of anilines is 1. The molecule has 1 nitrogen and oxygen atoms in total. The van der Waals surface area contributed by atoms with Crippen LogP contribution in [0.25, 0.3) is 0 Å². The van der Waals surface area contributed by atoms with Gasteiger partial charge in [-0.25, -0.2) is 0 Å². The van der Waals surface area contributed by atoms with E-state index in [2.05, 4.69) is 60.8 Å². The van der Waals surface area contributed by atoms with E-state index >= 15 is 0 Å². The molecule has 0 bridgehead atoms. The van der Waals surface area contributed by atoms with Crippen LogP contribution in [0.3, 0.4) is 0 Å². The van der Waals surface area contributed by atoms with E-state index < -0.39 is 0 Å². The highest BCUT2D eigenvalue weighted by molar-refractivity contribution is 5.50. The third-order valence-electron chi connectivity index (χ3n) is 4.18. The highest BCUT2D eigenvalue weighted by Gasteiger charge is 2.19. The summed E-state index contributed by atoms with van der Waals surface area (Å²) in [4.78, 5) is 0. The lowest BCUT2D eigenvalue weighted by molar-refractivity contribution is 0.571. The minimum Gasteiger partial charge on any atom is -0.384 e. The number of fused-ring (bicyclic) bond motifs is 1. The Morgan fingerprint density at radius 3 is 2.74 bits per heavy atom. The van der Waals surface area contributed by atoms with Crippen molar-refractivity contribution < 1.29 is 0 Å². The van der Waals surface area contributed by atoms with Crippen molar-refractivity contribution in [2.24, 2.45) is 0 Å². The molecule has 1 N–H and O–H groups in total. The zero-order valence-corrected chi connectivity index (χ0v) is 11.5. The Balaban J connectivity index is 1.73. The summed E-state index contributed by atoms with van der Waals surface area (Å²) < 4.78 is 0. The number of benzene rings is 2. The Kier molecular flexibility index (Phi) is 3.54. The van der Waals surface area contributed by atoms with E-state index in [0.717, 1.165) is 6.54 Å². The molecule has 0 saturated heterocycles. The van der Waals surface area contributed by atoms with Crippen LogP contribution >= 0.6 is 0 Å². The minimum absolute atomic E-state index is 0.657. The molecule has 1 heteroatoms. The molecule has 98 valence electrons. The zero-order chi connectivity index (χ0) is 13.1. The lowest BCUT2D eigenvalue weighted by Gasteiger charge is -2.26. The van der Waals surface area contributed by atoms with E-state index in [0.29, 0.717) is 5.92 Å². The standard InChI is InChI=1S/C18H21N/c1-14-7-2-5-12-18(14)19-13-16-10-6-9-15-8-3-4-11-17(15)16/h2-5,7-8,11-12,16,19H,6,9-10,13H2,1H3. The minimum atomic E-state index is 0.657. The molecule has 0 saturated carbocycles. The predicted octanol–water partition coefficient (Wildman–Crippen LogP) is 4.53. The number of para-hydroxylation sites is 1. The van der Waals surface area contributed by atoms with Crippen molar-refractivity contribution in [3.05, 3.63) is 65.2 Å². The van der Waals surface area contributed by atoms with Crippen LogP contribution in [0.5, 0.6) is 0 Å². The van der Waals surface area contributed by atoms with E-state index in [1.165, 1.54) is 30.5 Å². The monoisotopic (exact) mass is 251 g/mol. The van der Waals surface area contributed by atoms with Gasteiger partial charge < -0.3 is 5.32 Å². The first kappa shape index (κ1) is 12.3. The topological polar surface area (TPSA) is 12.0 Å². The summed E-state index contributed by atoms with van der Waals surface area (Å²) >= 11 is 0. The van der Waals surface area contributed by atoms with Gasteiger partial charge in [0.2, 0.25) is 0 Å². The van der Waals surface area contributed by atoms with Gasteiger partial charge in [-0.3, -0.25) is 0 Å². The summed E-state index contributed by atoms with van der Waals surface area (Å²) in [5, 5.41) is 3.62. The second-order valence-corrected chi connectivity index (χ2v) is 5.48. The maximum absolute atomic E-state index is 3.62. The first-order chi connectivity index (χ1) is 9.34. The molecule has 0 amide bonds. The zero-order valence-electron chi connectivity index (χ0n) is 11.5. The Bertz CT molecular complexity index is 559. The Hall–Kier alpha value is -1.76. The Morgan fingerprint density at radius 1 is 1.05 bits per heavy atom. The molecule has 19 heavy (non-hydrogen) atoms. The Morgan fingerprint density at radius 2 is 1.84 bits per heavy atom. The van der Waals surface area contributed by atoms with Crippen molar-refractivity contribution in [2.45, 2.75) is 32.1 Å². The summed E-state index contributed by atoms with van der Waals surface area (Å²) in [5.41, 5.74) is 5.69. The predicted molar refractivity (Wildman–Crippen MR) is 81.8 cm³/mol. The fourth-order valence-electron chi connectivity index (χ4n) is 3.07. The molecule has 0 spiro atoms. The van der Waals surface area contributed by atoms with Crippen LogP contribution in [-0.2, 0) is 6.42 Å². The van der Waals surface area contributed by atoms with E-state index in [1.807, 2.05) is 0 Å². The average molecular weight is 251 g/mol. The summed E-state index contributed by atoms with van der Waals surface area (Å²) in [6.07, 6.45) is 3.87. The number of aryl methyl sites for hydroxylation is 2. The highest BCUT2D eigenvalue weighted by Crippen LogP contribution is 2.31. The van der Waals surface area contributed by atoms with Gasteiger partial charge in [0.25, 0.3) is 0 Å². The van der Waals surface area contributed by atoms with Crippen molar-refractivity contribution in [3.8, 4) is 0 Å². The molecular formula is C18H21N. The molecule has 1 unspecified atom stereocenters. The van der Waals surface area contributed by atoms with E-state index in [1.54, 1.807) is 11.1 Å². The van der Waals surface area contributed by atoms with Gasteiger partial charge in [0, 0.05) is 18.2 Å². The van der Waals surface area contributed by atoms with Crippen LogP contribution in [0.2, 0.25) is 0 Å². The average Bonchev–Trinajstić information content (AvgIpc) is 2.46. The fraction of sp³-hybridized carbons (Fsp3) is 0.333. The summed E-state index contributed by atoms with van der Waals surface area (Å²) in [5.74, 6) is 0.657. The number of hydrogen-bond acceptors (Lipinski definition) is 1. The van der Waals surface area contributed by atoms with E-state index in [4.69, 9.17) is 0 Å². The van der Waals surface area contributed by atoms with Gasteiger partial charge in [0.05, 0.1) is 0 Å². The maximum Gasteiger partial charge on any atom is 0.0370 e. The SMILES string of the molecule is Cc1ccccc1NCC1CCCc2ccccc21. The number of nitrogens with one attached hydrogen (secondary N) is 1. The van der Waals surface area contributed by atoms with Crippen LogP contribution in [0.4, 0.5) is 5.69 Å². The summed E-state index contributed by atoms with van der Waals surface area (Å²) in [7, 11) is 0. The van der Waals surface area contributed by atoms with Crippen LogP contribution in [0.1, 0.15) is 35.4 Å². The number of hydrogen-bond donors (Lipinski definition) is 1. The molecule has 0 fully saturated rings. The molecule has 1 aliphatic carbocycles. The summed E-state index contributed by atoms with van der Waals surface area (Å²) in [6.45, 7) is 3.21. The maximum atomic E-state index is 3.62. The van der Waals surface area contributed by atoms with Crippen LogP contribution in [-0.4, -0.2) is 6.54 Å². The van der Waals surface area contributed by atoms with Gasteiger partial charge in [-0.05, 0) is 48.9 Å². The first-order valence-corrected chi connectivity index (χ1v) is 7.22. The molecule has 2 aromatic carbocycles. The third kappa shape index (κ3) is 2.65. The molecule has 1 atom stereocenters. The lowest BCUT2D eigenvalue weighted by atomic mass is 9.83. The van der Waals surface area contributed by atoms with Gasteiger partial charge in [0.15, 0.2) is 0 Å². The first-order valence-electron chi connectivity index (χ1n) is 7.22. The number of rotatable bonds is 3. The van der Waals surface area contributed by atoms with E-state index in [9.17, 15) is 0 Å². The molecule has 0 heterocycles. The smallest absolute Gasteiger partial charge is 0.0370 e. The summed E-state index contributed by atoms with van der Waals surface area (Å²) in [6, 6.07) is 17.5. The third-order valence-corrected chi connectivity index (χ3v) is 4.18. The molecule has 1 aliphatic rings. The highest BCUT2D eigenvalue weighted by atomic mass is 14.9. The van der Waals surface area contributed by atoms with Gasteiger partial charge in [-0.2, -0.15) is 0 Å². The van der Waals surface area contributed by atoms with Gasteiger partial charge in [-0.1, -0.05) is 42.5 Å². The molecule has 2 aromatic rings. The van der Waals surface area contributed by atoms with Crippen LogP contribution < -0.4 is 5.32 Å². The molecule has 0 aromatic heterocycles. The second-order valence-electron chi connectivity index (χ2n) is 5.48. The largest absolute Gasteiger partial charge is 0.384 e. The molecule has 0 radical (unpaired) electrons. The fourth-order valence-corrected chi connectivity index (χ4v) is 3.07.